The molecule has 0 amide bonds. The maximum absolute atomic E-state index is 4.95. The van der Waals surface area contributed by atoms with E-state index in [1.165, 1.54) is 85.2 Å². The molecular weight excluding hydrogens is 487 g/mol. The molecule has 0 saturated heterocycles. The highest BCUT2D eigenvalue weighted by Crippen LogP contribution is 2.67. The zero-order valence-electron chi connectivity index (χ0n) is 24.0. The van der Waals surface area contributed by atoms with Crippen molar-refractivity contribution in [1.82, 2.24) is 4.98 Å². The summed E-state index contributed by atoms with van der Waals surface area (Å²) < 4.78 is 2.61. The number of benzene rings is 1. The standard InChI is InChI=1S/C34H49NS2/c1-22(2)9-8-10-23(3)27-15-16-28-26-14-13-24-21-25(36-32-35-30-11-6-7-12-31(30)37-32)17-19-33(24,4)29(26)18-20-34(27,28)5/h6-7,11-13,22-23,25-29H,8-10,14-21H2,1-5H3/t23-,25+,26+,27-,28+,29+,33+,34-/m1/s1. The number of hydrogen-bond acceptors (Lipinski definition) is 3. The van der Waals surface area contributed by atoms with Crippen LogP contribution in [0.15, 0.2) is 40.3 Å². The van der Waals surface area contributed by atoms with E-state index in [2.05, 4.69) is 76.7 Å². The van der Waals surface area contributed by atoms with E-state index in [-0.39, 0.29) is 0 Å². The zero-order valence-corrected chi connectivity index (χ0v) is 25.6. The highest BCUT2D eigenvalue weighted by atomic mass is 32.2. The van der Waals surface area contributed by atoms with Crippen molar-refractivity contribution < 1.29 is 0 Å². The van der Waals surface area contributed by atoms with Gasteiger partial charge in [-0.1, -0.05) is 89.4 Å². The van der Waals surface area contributed by atoms with Gasteiger partial charge in [-0.05, 0) is 110 Å². The van der Waals surface area contributed by atoms with E-state index in [1.807, 2.05) is 16.9 Å². The molecule has 4 aliphatic carbocycles. The Morgan fingerprint density at radius 2 is 1.84 bits per heavy atom. The van der Waals surface area contributed by atoms with Crippen LogP contribution in [0.3, 0.4) is 0 Å². The van der Waals surface area contributed by atoms with Crippen molar-refractivity contribution in [3.05, 3.63) is 35.9 Å². The number of allylic oxidation sites excluding steroid dienone is 2. The van der Waals surface area contributed by atoms with Gasteiger partial charge in [-0.2, -0.15) is 0 Å². The fourth-order valence-corrected chi connectivity index (χ4v) is 12.3. The van der Waals surface area contributed by atoms with E-state index in [1.54, 1.807) is 0 Å². The molecule has 3 saturated carbocycles. The molecule has 4 aliphatic rings. The number of para-hydroxylation sites is 1. The third-order valence-electron chi connectivity index (χ3n) is 11.8. The van der Waals surface area contributed by atoms with Crippen molar-refractivity contribution in [2.75, 3.05) is 0 Å². The number of fused-ring (bicyclic) bond motifs is 6. The molecular formula is C34H49NS2. The molecule has 37 heavy (non-hydrogen) atoms. The van der Waals surface area contributed by atoms with Crippen LogP contribution in [0.5, 0.6) is 0 Å². The Labute approximate surface area is 234 Å². The Bertz CT molecular complexity index is 1100. The quantitative estimate of drug-likeness (QED) is 0.327. The van der Waals surface area contributed by atoms with Crippen LogP contribution in [0.2, 0.25) is 0 Å². The van der Waals surface area contributed by atoms with Crippen molar-refractivity contribution in [3.8, 4) is 0 Å². The minimum absolute atomic E-state index is 0.454. The predicted octanol–water partition coefficient (Wildman–Crippen LogP) is 10.8. The lowest BCUT2D eigenvalue weighted by molar-refractivity contribution is -0.0497. The van der Waals surface area contributed by atoms with Gasteiger partial charge < -0.3 is 0 Å². The number of thioether (sulfide) groups is 1. The molecule has 0 N–H and O–H groups in total. The zero-order chi connectivity index (χ0) is 25.8. The second-order valence-corrected chi connectivity index (χ2v) is 16.8. The van der Waals surface area contributed by atoms with Crippen molar-refractivity contribution in [1.29, 1.82) is 0 Å². The summed E-state index contributed by atoms with van der Waals surface area (Å²) in [7, 11) is 0. The number of aromatic nitrogens is 1. The minimum Gasteiger partial charge on any atom is -0.230 e. The molecule has 202 valence electrons. The van der Waals surface area contributed by atoms with E-state index in [0.29, 0.717) is 16.1 Å². The molecule has 1 nitrogen and oxygen atoms in total. The van der Waals surface area contributed by atoms with Gasteiger partial charge in [0.15, 0.2) is 4.34 Å². The smallest absolute Gasteiger partial charge is 0.151 e. The number of rotatable bonds is 7. The van der Waals surface area contributed by atoms with Crippen molar-refractivity contribution in [2.45, 2.75) is 115 Å². The van der Waals surface area contributed by atoms with Crippen molar-refractivity contribution in [3.63, 3.8) is 0 Å². The second kappa shape index (κ2) is 10.3. The van der Waals surface area contributed by atoms with Gasteiger partial charge in [0, 0.05) is 5.25 Å². The van der Waals surface area contributed by atoms with Crippen LogP contribution in [0.1, 0.15) is 105 Å². The van der Waals surface area contributed by atoms with Gasteiger partial charge in [-0.25, -0.2) is 4.98 Å². The predicted molar refractivity (Wildman–Crippen MR) is 162 cm³/mol. The summed E-state index contributed by atoms with van der Waals surface area (Å²) >= 11 is 3.96. The first-order valence-corrected chi connectivity index (χ1v) is 17.2. The summed E-state index contributed by atoms with van der Waals surface area (Å²) in [6.45, 7) is 12.8. The van der Waals surface area contributed by atoms with Crippen molar-refractivity contribution >= 4 is 33.3 Å². The maximum Gasteiger partial charge on any atom is 0.151 e. The fourth-order valence-electron chi connectivity index (χ4n) is 9.80. The number of nitrogens with zero attached hydrogens (tertiary/aromatic N) is 1. The second-order valence-electron chi connectivity index (χ2n) is 14.2. The third kappa shape index (κ3) is 4.77. The van der Waals surface area contributed by atoms with Crippen LogP contribution in [-0.2, 0) is 0 Å². The summed E-state index contributed by atoms with van der Waals surface area (Å²) in [5.74, 6) is 5.56. The van der Waals surface area contributed by atoms with Gasteiger partial charge in [0.05, 0.1) is 10.2 Å². The van der Waals surface area contributed by atoms with Gasteiger partial charge >= 0.3 is 0 Å². The molecule has 6 rings (SSSR count). The van der Waals surface area contributed by atoms with Crippen LogP contribution in [0.25, 0.3) is 10.2 Å². The molecule has 0 aliphatic heterocycles. The first-order valence-electron chi connectivity index (χ1n) is 15.5. The Morgan fingerprint density at radius 1 is 1.00 bits per heavy atom. The summed E-state index contributed by atoms with van der Waals surface area (Å²) in [5, 5.41) is 0.702. The average Bonchev–Trinajstić information content (AvgIpc) is 3.44. The minimum atomic E-state index is 0.454. The van der Waals surface area contributed by atoms with Gasteiger partial charge in [-0.3, -0.25) is 0 Å². The molecule has 0 spiro atoms. The summed E-state index contributed by atoms with van der Waals surface area (Å²) in [6, 6.07) is 8.63. The van der Waals surface area contributed by atoms with E-state index < -0.39 is 0 Å². The highest BCUT2D eigenvalue weighted by Gasteiger charge is 2.59. The number of thiazole rings is 1. The molecule has 1 aromatic carbocycles. The summed E-state index contributed by atoms with van der Waals surface area (Å²) in [5.41, 5.74) is 4.04. The van der Waals surface area contributed by atoms with E-state index in [9.17, 15) is 0 Å². The van der Waals surface area contributed by atoms with E-state index in [0.717, 1.165) is 35.5 Å². The van der Waals surface area contributed by atoms with Crippen LogP contribution >= 0.6 is 23.1 Å². The van der Waals surface area contributed by atoms with Crippen LogP contribution in [0.4, 0.5) is 0 Å². The van der Waals surface area contributed by atoms with Gasteiger partial charge in [0.2, 0.25) is 0 Å². The Hall–Kier alpha value is -0.800. The first kappa shape index (κ1) is 26.4. The third-order valence-corrected chi connectivity index (χ3v) is 14.2. The lowest BCUT2D eigenvalue weighted by Crippen LogP contribution is -2.50. The molecule has 3 heteroatoms. The Morgan fingerprint density at radius 3 is 2.65 bits per heavy atom. The van der Waals surface area contributed by atoms with E-state index >= 15 is 0 Å². The molecule has 0 radical (unpaired) electrons. The average molecular weight is 536 g/mol. The lowest BCUT2D eigenvalue weighted by atomic mass is 9.47. The topological polar surface area (TPSA) is 12.9 Å². The maximum atomic E-state index is 4.95. The highest BCUT2D eigenvalue weighted by molar-refractivity contribution is 8.01. The van der Waals surface area contributed by atoms with Crippen LogP contribution in [-0.4, -0.2) is 10.2 Å². The summed E-state index contributed by atoms with van der Waals surface area (Å²) in [4.78, 5) is 4.95. The van der Waals surface area contributed by atoms with Crippen LogP contribution < -0.4 is 0 Å². The lowest BCUT2D eigenvalue weighted by Gasteiger charge is -2.58. The molecule has 1 aromatic heterocycles. The largest absolute Gasteiger partial charge is 0.230 e. The molecule has 1 heterocycles. The molecule has 0 bridgehead atoms. The van der Waals surface area contributed by atoms with Gasteiger partial charge in [0.25, 0.3) is 0 Å². The van der Waals surface area contributed by atoms with Gasteiger partial charge in [0.1, 0.15) is 0 Å². The molecule has 3 fully saturated rings. The molecule has 8 atom stereocenters. The summed E-state index contributed by atoms with van der Waals surface area (Å²) in [6.07, 6.45) is 18.4. The molecule has 2 aromatic rings. The SMILES string of the molecule is CC(C)CCC[C@@H](C)[C@H]1CC[C@H]2[C@@H]3CC=C4C[C@@H](Sc5nc6ccccc6s5)CC[C@]4(C)[C@H]3CC[C@]12C. The fraction of sp³-hybridized carbons (Fsp3) is 0.735. The monoisotopic (exact) mass is 535 g/mol. The van der Waals surface area contributed by atoms with Crippen LogP contribution in [0, 0.1) is 46.3 Å². The normalized spacial score (nSPS) is 38.2. The Kier molecular flexibility index (Phi) is 7.36. The number of hydrogen-bond donors (Lipinski definition) is 0. The Balaban J connectivity index is 1.14. The first-order chi connectivity index (χ1) is 17.8. The molecule has 0 unspecified atom stereocenters. The van der Waals surface area contributed by atoms with Crippen molar-refractivity contribution in [2.24, 2.45) is 46.3 Å². The van der Waals surface area contributed by atoms with Gasteiger partial charge in [-0.15, -0.1) is 11.3 Å². The van der Waals surface area contributed by atoms with E-state index in [4.69, 9.17) is 4.98 Å².